The molecule has 0 radical (unpaired) electrons. The molecule has 1 fully saturated rings. The Morgan fingerprint density at radius 1 is 1.22 bits per heavy atom. The van der Waals surface area contributed by atoms with E-state index in [4.69, 9.17) is 5.73 Å². The van der Waals surface area contributed by atoms with Crippen LogP contribution in [0.2, 0.25) is 0 Å². The van der Waals surface area contributed by atoms with Crippen molar-refractivity contribution in [2.24, 2.45) is 0 Å². The van der Waals surface area contributed by atoms with Crippen LogP contribution in [0.25, 0.3) is 0 Å². The highest BCUT2D eigenvalue weighted by Gasteiger charge is 2.26. The molecule has 1 unspecified atom stereocenters. The van der Waals surface area contributed by atoms with Crippen molar-refractivity contribution >= 4 is 39.8 Å². The summed E-state index contributed by atoms with van der Waals surface area (Å²) in [5, 5.41) is 8.00. The highest BCUT2D eigenvalue weighted by Crippen LogP contribution is 2.28. The number of hydrogen-bond donors (Lipinski definition) is 1. The van der Waals surface area contributed by atoms with E-state index in [9.17, 15) is 4.79 Å². The molecule has 1 aliphatic heterocycles. The number of hydrogen-bond acceptors (Lipinski definition) is 7. The third-order valence-electron chi connectivity index (χ3n) is 3.76. The highest BCUT2D eigenvalue weighted by atomic mass is 32.2. The van der Waals surface area contributed by atoms with Crippen molar-refractivity contribution in [1.29, 1.82) is 0 Å². The lowest BCUT2D eigenvalue weighted by Gasteiger charge is -2.37. The minimum absolute atomic E-state index is 0.150. The van der Waals surface area contributed by atoms with Gasteiger partial charge in [-0.1, -0.05) is 41.3 Å². The molecule has 1 amide bonds. The molecule has 0 aliphatic carbocycles. The molecule has 3 rings (SSSR count). The molecule has 1 aromatic carbocycles. The van der Waals surface area contributed by atoms with Crippen LogP contribution < -0.4 is 10.6 Å². The van der Waals surface area contributed by atoms with E-state index in [0.717, 1.165) is 30.5 Å². The summed E-state index contributed by atoms with van der Waals surface area (Å²) in [5.74, 6) is 0.150. The average Bonchev–Trinajstić information content (AvgIpc) is 3.00. The van der Waals surface area contributed by atoms with Crippen LogP contribution in [-0.2, 0) is 4.79 Å². The molecule has 0 saturated carbocycles. The van der Waals surface area contributed by atoms with E-state index in [-0.39, 0.29) is 11.2 Å². The number of nitrogens with zero attached hydrogens (tertiary/aromatic N) is 4. The molecule has 122 valence electrons. The van der Waals surface area contributed by atoms with Gasteiger partial charge < -0.3 is 15.5 Å². The first kappa shape index (κ1) is 16.1. The number of thioether (sulfide) groups is 1. The Hall–Kier alpha value is -1.80. The first-order valence-corrected chi connectivity index (χ1v) is 9.17. The fourth-order valence-corrected chi connectivity index (χ4v) is 4.41. The maximum absolute atomic E-state index is 12.6. The zero-order chi connectivity index (χ0) is 16.2. The van der Waals surface area contributed by atoms with Crippen LogP contribution in [0.15, 0.2) is 34.7 Å². The van der Waals surface area contributed by atoms with Gasteiger partial charge in [-0.2, -0.15) is 0 Å². The quantitative estimate of drug-likeness (QED) is 0.851. The summed E-state index contributed by atoms with van der Waals surface area (Å²) in [5.41, 5.74) is 6.79. The second-order valence-corrected chi connectivity index (χ2v) is 7.91. The first-order chi connectivity index (χ1) is 11.1. The van der Waals surface area contributed by atoms with E-state index < -0.39 is 0 Å². The SMILES string of the molecule is CC(Sc1nnc(N)s1)C(=O)N1CCN(c2ccccc2)CC1. The molecule has 0 spiro atoms. The molecular weight excluding hydrogens is 330 g/mol. The van der Waals surface area contributed by atoms with E-state index in [1.54, 1.807) is 0 Å². The number of amides is 1. The first-order valence-electron chi connectivity index (χ1n) is 7.48. The number of piperazine rings is 1. The molecule has 1 aromatic heterocycles. The summed E-state index contributed by atoms with van der Waals surface area (Å²) >= 11 is 2.74. The maximum atomic E-state index is 12.6. The Kier molecular flexibility index (Phi) is 5.02. The number of anilines is 2. The summed E-state index contributed by atoms with van der Waals surface area (Å²) in [4.78, 5) is 16.8. The van der Waals surface area contributed by atoms with Gasteiger partial charge in [0, 0.05) is 31.9 Å². The number of nitrogens with two attached hydrogens (primary N) is 1. The summed E-state index contributed by atoms with van der Waals surface area (Å²) in [6.07, 6.45) is 0. The van der Waals surface area contributed by atoms with Crippen molar-refractivity contribution in [3.63, 3.8) is 0 Å². The van der Waals surface area contributed by atoms with Crippen molar-refractivity contribution in [2.75, 3.05) is 36.8 Å². The molecule has 1 aliphatic rings. The summed E-state index contributed by atoms with van der Waals surface area (Å²) in [6, 6.07) is 10.3. The molecular formula is C15H19N5OS2. The minimum Gasteiger partial charge on any atom is -0.374 e. The smallest absolute Gasteiger partial charge is 0.235 e. The standard InChI is InChI=1S/C15H19N5OS2/c1-11(22-15-18-17-14(16)23-15)13(21)20-9-7-19(8-10-20)12-5-3-2-4-6-12/h2-6,11H,7-10H2,1H3,(H2,16,17). The Morgan fingerprint density at radius 2 is 1.91 bits per heavy atom. The van der Waals surface area contributed by atoms with Gasteiger partial charge >= 0.3 is 0 Å². The number of benzene rings is 1. The molecule has 8 heteroatoms. The highest BCUT2D eigenvalue weighted by molar-refractivity contribution is 8.02. The van der Waals surface area contributed by atoms with Gasteiger partial charge in [-0.05, 0) is 19.1 Å². The van der Waals surface area contributed by atoms with E-state index in [2.05, 4.69) is 27.2 Å². The van der Waals surface area contributed by atoms with Crippen LogP contribution in [0.1, 0.15) is 6.92 Å². The van der Waals surface area contributed by atoms with Crippen LogP contribution in [0.5, 0.6) is 0 Å². The molecule has 23 heavy (non-hydrogen) atoms. The van der Waals surface area contributed by atoms with Crippen LogP contribution in [0, 0.1) is 0 Å². The van der Waals surface area contributed by atoms with Crippen LogP contribution >= 0.6 is 23.1 Å². The molecule has 1 atom stereocenters. The zero-order valence-electron chi connectivity index (χ0n) is 12.9. The number of aromatic nitrogens is 2. The van der Waals surface area contributed by atoms with Crippen molar-refractivity contribution in [1.82, 2.24) is 15.1 Å². The zero-order valence-corrected chi connectivity index (χ0v) is 14.5. The maximum Gasteiger partial charge on any atom is 0.235 e. The third kappa shape index (κ3) is 3.94. The largest absolute Gasteiger partial charge is 0.374 e. The summed E-state index contributed by atoms with van der Waals surface area (Å²) in [6.45, 7) is 5.12. The lowest BCUT2D eigenvalue weighted by molar-refractivity contribution is -0.130. The Balaban J connectivity index is 1.53. The van der Waals surface area contributed by atoms with E-state index in [0.29, 0.717) is 5.13 Å². The predicted octanol–water partition coefficient (Wildman–Crippen LogP) is 1.95. The van der Waals surface area contributed by atoms with E-state index in [1.165, 1.54) is 28.8 Å². The van der Waals surface area contributed by atoms with Crippen molar-refractivity contribution < 1.29 is 4.79 Å². The lowest BCUT2D eigenvalue weighted by Crippen LogP contribution is -2.50. The van der Waals surface area contributed by atoms with Crippen LogP contribution in [-0.4, -0.2) is 52.4 Å². The summed E-state index contributed by atoms with van der Waals surface area (Å²) in [7, 11) is 0. The second kappa shape index (κ2) is 7.18. The molecule has 2 N–H and O–H groups in total. The van der Waals surface area contributed by atoms with Crippen LogP contribution in [0.3, 0.4) is 0 Å². The molecule has 6 nitrogen and oxygen atoms in total. The van der Waals surface area contributed by atoms with Gasteiger partial charge in [0.2, 0.25) is 11.0 Å². The van der Waals surface area contributed by atoms with Gasteiger partial charge in [-0.25, -0.2) is 0 Å². The normalized spacial score (nSPS) is 16.4. The van der Waals surface area contributed by atoms with Crippen molar-refractivity contribution in [3.05, 3.63) is 30.3 Å². The number of carbonyl (C=O) groups excluding carboxylic acids is 1. The summed E-state index contributed by atoms with van der Waals surface area (Å²) < 4.78 is 0.742. The second-order valence-electron chi connectivity index (χ2n) is 5.31. The number of carbonyl (C=O) groups is 1. The number of para-hydroxylation sites is 1. The van der Waals surface area contributed by atoms with Crippen LogP contribution in [0.4, 0.5) is 10.8 Å². The lowest BCUT2D eigenvalue weighted by atomic mass is 10.2. The van der Waals surface area contributed by atoms with Gasteiger partial charge in [0.1, 0.15) is 0 Å². The Bertz CT molecular complexity index is 655. The van der Waals surface area contributed by atoms with Crippen molar-refractivity contribution in [3.8, 4) is 0 Å². The topological polar surface area (TPSA) is 75.3 Å². The van der Waals surface area contributed by atoms with E-state index >= 15 is 0 Å². The average molecular weight is 349 g/mol. The van der Waals surface area contributed by atoms with Gasteiger partial charge in [0.05, 0.1) is 5.25 Å². The Morgan fingerprint density at radius 3 is 2.52 bits per heavy atom. The van der Waals surface area contributed by atoms with Gasteiger partial charge in [-0.15, -0.1) is 10.2 Å². The van der Waals surface area contributed by atoms with Gasteiger partial charge in [-0.3, -0.25) is 4.79 Å². The Labute approximate surface area is 143 Å². The molecule has 1 saturated heterocycles. The number of nitrogen functional groups attached to an aromatic ring is 1. The monoisotopic (exact) mass is 349 g/mol. The molecule has 0 bridgehead atoms. The third-order valence-corrected chi connectivity index (χ3v) is 5.68. The van der Waals surface area contributed by atoms with Crippen molar-refractivity contribution in [2.45, 2.75) is 16.5 Å². The minimum atomic E-state index is -0.175. The van der Waals surface area contributed by atoms with Gasteiger partial charge in [0.25, 0.3) is 0 Å². The fourth-order valence-electron chi connectivity index (χ4n) is 2.55. The van der Waals surface area contributed by atoms with E-state index in [1.807, 2.05) is 30.0 Å². The van der Waals surface area contributed by atoms with Gasteiger partial charge in [0.15, 0.2) is 4.34 Å². The predicted molar refractivity (Wildman–Crippen MR) is 94.9 cm³/mol. The fraction of sp³-hybridized carbons (Fsp3) is 0.400. The molecule has 2 heterocycles. The molecule has 2 aromatic rings. The number of rotatable bonds is 4.